The highest BCUT2D eigenvalue weighted by atomic mass is 35.5. The van der Waals surface area contributed by atoms with Gasteiger partial charge in [0.2, 0.25) is 0 Å². The van der Waals surface area contributed by atoms with E-state index >= 15 is 0 Å². The number of hydrogen-bond donors (Lipinski definition) is 2. The van der Waals surface area contributed by atoms with Crippen LogP contribution in [0.15, 0.2) is 72.8 Å². The lowest BCUT2D eigenvalue weighted by molar-refractivity contribution is 0.102. The van der Waals surface area contributed by atoms with Crippen LogP contribution >= 0.6 is 11.6 Å². The van der Waals surface area contributed by atoms with Crippen molar-refractivity contribution in [3.05, 3.63) is 83.4 Å². The Bertz CT molecular complexity index is 912. The summed E-state index contributed by atoms with van der Waals surface area (Å²) in [4.78, 5) is 12.2. The number of carbonyl (C=O) groups is 1. The molecule has 3 rings (SSSR count). The van der Waals surface area contributed by atoms with Crippen molar-refractivity contribution < 1.29 is 14.3 Å². The van der Waals surface area contributed by atoms with Crippen molar-refractivity contribution in [3.8, 4) is 11.5 Å². The van der Waals surface area contributed by atoms with Crippen LogP contribution < -0.4 is 20.1 Å². The highest BCUT2D eigenvalue weighted by Crippen LogP contribution is 2.18. The van der Waals surface area contributed by atoms with Crippen LogP contribution in [0.25, 0.3) is 0 Å². The van der Waals surface area contributed by atoms with Gasteiger partial charge in [0, 0.05) is 28.5 Å². The molecule has 3 aromatic rings. The average Bonchev–Trinajstić information content (AvgIpc) is 2.73. The van der Waals surface area contributed by atoms with Crippen LogP contribution in [0, 0.1) is 0 Å². The van der Waals surface area contributed by atoms with Gasteiger partial charge in [-0.1, -0.05) is 17.7 Å². The molecule has 0 unspecified atom stereocenters. The summed E-state index contributed by atoms with van der Waals surface area (Å²) in [6, 6.07) is 21.8. The van der Waals surface area contributed by atoms with E-state index in [0.717, 1.165) is 17.2 Å². The number of rotatable bonds is 8. The lowest BCUT2D eigenvalue weighted by atomic mass is 10.2. The molecule has 3 aromatic carbocycles. The molecule has 1 amide bonds. The van der Waals surface area contributed by atoms with Crippen molar-refractivity contribution in [1.82, 2.24) is 0 Å². The van der Waals surface area contributed by atoms with Crippen LogP contribution in [-0.2, 0) is 0 Å². The van der Waals surface area contributed by atoms with Crippen molar-refractivity contribution in [1.29, 1.82) is 0 Å². The van der Waals surface area contributed by atoms with Crippen LogP contribution in [0.4, 0.5) is 11.4 Å². The second kappa shape index (κ2) is 9.67. The minimum absolute atomic E-state index is 0.198. The Morgan fingerprint density at radius 2 is 1.61 bits per heavy atom. The highest BCUT2D eigenvalue weighted by molar-refractivity contribution is 6.31. The molecule has 0 saturated heterocycles. The first-order chi connectivity index (χ1) is 13.6. The van der Waals surface area contributed by atoms with Gasteiger partial charge >= 0.3 is 0 Å². The Balaban J connectivity index is 1.44. The molecule has 0 fully saturated rings. The molecular formula is C22H21ClN2O3. The lowest BCUT2D eigenvalue weighted by Gasteiger charge is -2.10. The number of nitrogens with one attached hydrogen (secondary N) is 2. The monoisotopic (exact) mass is 396 g/mol. The summed E-state index contributed by atoms with van der Waals surface area (Å²) in [7, 11) is 1.63. The van der Waals surface area contributed by atoms with E-state index in [1.807, 2.05) is 48.5 Å². The van der Waals surface area contributed by atoms with Gasteiger partial charge in [0.15, 0.2) is 0 Å². The van der Waals surface area contributed by atoms with Crippen molar-refractivity contribution in [3.63, 3.8) is 0 Å². The fourth-order valence-electron chi connectivity index (χ4n) is 2.54. The Hall–Kier alpha value is -3.18. The van der Waals surface area contributed by atoms with E-state index in [2.05, 4.69) is 10.6 Å². The normalized spacial score (nSPS) is 10.2. The lowest BCUT2D eigenvalue weighted by Crippen LogP contribution is -2.13. The number of carbonyl (C=O) groups excluding carboxylic acids is 1. The predicted octanol–water partition coefficient (Wildman–Crippen LogP) is 5.09. The summed E-state index contributed by atoms with van der Waals surface area (Å²) in [5.41, 5.74) is 2.18. The molecule has 0 aromatic heterocycles. The maximum absolute atomic E-state index is 12.2. The van der Waals surface area contributed by atoms with Gasteiger partial charge in [0.05, 0.1) is 7.11 Å². The van der Waals surface area contributed by atoms with E-state index in [0.29, 0.717) is 29.4 Å². The minimum atomic E-state index is -0.198. The third-order valence-corrected chi connectivity index (χ3v) is 4.22. The fraction of sp³-hybridized carbons (Fsp3) is 0.136. The largest absolute Gasteiger partial charge is 0.497 e. The van der Waals surface area contributed by atoms with Crippen molar-refractivity contribution in [2.75, 3.05) is 30.9 Å². The van der Waals surface area contributed by atoms with E-state index < -0.39 is 0 Å². The molecule has 0 saturated carbocycles. The highest BCUT2D eigenvalue weighted by Gasteiger charge is 2.06. The minimum Gasteiger partial charge on any atom is -0.497 e. The SMILES string of the molecule is COc1ccc(OCCNc2ccc(NC(=O)c3cccc(Cl)c3)cc2)cc1. The predicted molar refractivity (Wildman–Crippen MR) is 113 cm³/mol. The summed E-state index contributed by atoms with van der Waals surface area (Å²) in [5.74, 6) is 1.39. The molecule has 2 N–H and O–H groups in total. The maximum Gasteiger partial charge on any atom is 0.255 e. The molecule has 0 spiro atoms. The van der Waals surface area contributed by atoms with Crippen molar-refractivity contribution >= 4 is 28.9 Å². The summed E-state index contributed by atoms with van der Waals surface area (Å²) in [6.45, 7) is 1.18. The zero-order valence-electron chi connectivity index (χ0n) is 15.4. The maximum atomic E-state index is 12.2. The van der Waals surface area contributed by atoms with E-state index in [4.69, 9.17) is 21.1 Å². The molecule has 144 valence electrons. The zero-order valence-corrected chi connectivity index (χ0v) is 16.2. The standard InChI is InChI=1S/C22H21ClN2O3/c1-27-20-9-11-21(12-10-20)28-14-13-24-18-5-7-19(8-6-18)25-22(26)16-3-2-4-17(23)15-16/h2-12,15,24H,13-14H2,1H3,(H,25,26). The molecule has 0 radical (unpaired) electrons. The summed E-state index contributed by atoms with van der Waals surface area (Å²) >= 11 is 5.92. The summed E-state index contributed by atoms with van der Waals surface area (Å²) in [6.07, 6.45) is 0. The van der Waals surface area contributed by atoms with Crippen LogP contribution in [0.1, 0.15) is 10.4 Å². The first kappa shape index (κ1) is 19.6. The molecular weight excluding hydrogens is 376 g/mol. The molecule has 5 nitrogen and oxygen atoms in total. The van der Waals surface area contributed by atoms with Crippen molar-refractivity contribution in [2.24, 2.45) is 0 Å². The topological polar surface area (TPSA) is 59.6 Å². The van der Waals surface area contributed by atoms with Crippen LogP contribution in [0.5, 0.6) is 11.5 Å². The number of ether oxygens (including phenoxy) is 2. The Labute approximate surface area is 169 Å². The van der Waals surface area contributed by atoms with Crippen LogP contribution in [0.3, 0.4) is 0 Å². The number of amides is 1. The molecule has 6 heteroatoms. The summed E-state index contributed by atoms with van der Waals surface area (Å²) in [5, 5.41) is 6.66. The first-order valence-electron chi connectivity index (χ1n) is 8.82. The van der Waals surface area contributed by atoms with Crippen molar-refractivity contribution in [2.45, 2.75) is 0 Å². The van der Waals surface area contributed by atoms with E-state index in [9.17, 15) is 4.79 Å². The molecule has 0 aliphatic rings. The quantitative estimate of drug-likeness (QED) is 0.520. The Morgan fingerprint density at radius 3 is 2.29 bits per heavy atom. The third kappa shape index (κ3) is 5.66. The molecule has 0 atom stereocenters. The summed E-state index contributed by atoms with van der Waals surface area (Å²) < 4.78 is 10.8. The number of halogens is 1. The van der Waals surface area contributed by atoms with Gasteiger partial charge in [-0.15, -0.1) is 0 Å². The van der Waals surface area contributed by atoms with Crippen LogP contribution in [-0.4, -0.2) is 26.2 Å². The smallest absolute Gasteiger partial charge is 0.255 e. The number of hydrogen-bond acceptors (Lipinski definition) is 4. The molecule has 28 heavy (non-hydrogen) atoms. The van der Waals surface area contributed by atoms with Gasteiger partial charge in [-0.05, 0) is 66.7 Å². The second-order valence-electron chi connectivity index (χ2n) is 5.99. The first-order valence-corrected chi connectivity index (χ1v) is 9.19. The third-order valence-electron chi connectivity index (χ3n) is 3.99. The van der Waals surface area contributed by atoms with Gasteiger partial charge in [-0.25, -0.2) is 0 Å². The van der Waals surface area contributed by atoms with Gasteiger partial charge in [-0.3, -0.25) is 4.79 Å². The molecule has 0 aliphatic heterocycles. The zero-order chi connectivity index (χ0) is 19.8. The molecule has 0 heterocycles. The molecule has 0 aliphatic carbocycles. The fourth-order valence-corrected chi connectivity index (χ4v) is 2.73. The van der Waals surface area contributed by atoms with Crippen LogP contribution in [0.2, 0.25) is 5.02 Å². The van der Waals surface area contributed by atoms with Gasteiger partial charge in [0.1, 0.15) is 18.1 Å². The Morgan fingerprint density at radius 1 is 0.929 bits per heavy atom. The second-order valence-corrected chi connectivity index (χ2v) is 6.43. The van der Waals surface area contributed by atoms with Gasteiger partial charge in [0.25, 0.3) is 5.91 Å². The average molecular weight is 397 g/mol. The number of methoxy groups -OCH3 is 1. The number of benzene rings is 3. The van der Waals surface area contributed by atoms with Gasteiger partial charge in [-0.2, -0.15) is 0 Å². The van der Waals surface area contributed by atoms with Gasteiger partial charge < -0.3 is 20.1 Å². The van der Waals surface area contributed by atoms with E-state index in [-0.39, 0.29) is 5.91 Å². The number of anilines is 2. The van der Waals surface area contributed by atoms with E-state index in [1.165, 1.54) is 0 Å². The Kier molecular flexibility index (Phi) is 6.76. The molecule has 0 bridgehead atoms. The van der Waals surface area contributed by atoms with E-state index in [1.54, 1.807) is 31.4 Å².